The van der Waals surface area contributed by atoms with Gasteiger partial charge in [-0.15, -0.1) is 0 Å². The summed E-state index contributed by atoms with van der Waals surface area (Å²) < 4.78 is 0. The maximum absolute atomic E-state index is 4.38. The molecule has 0 aliphatic heterocycles. The highest BCUT2D eigenvalue weighted by Gasteiger charge is 2.31. The summed E-state index contributed by atoms with van der Waals surface area (Å²) in [5.41, 5.74) is 2.58. The molecule has 2 aromatic rings. The summed E-state index contributed by atoms with van der Waals surface area (Å²) in [6, 6.07) is 10.4. The van der Waals surface area contributed by atoms with Crippen LogP contribution in [0.3, 0.4) is 0 Å². The van der Waals surface area contributed by atoms with E-state index in [1.807, 2.05) is 12.3 Å². The number of para-hydroxylation sites is 1. The summed E-state index contributed by atoms with van der Waals surface area (Å²) in [7, 11) is 0. The molecule has 0 spiro atoms. The van der Waals surface area contributed by atoms with Gasteiger partial charge >= 0.3 is 0 Å². The number of anilines is 1. The van der Waals surface area contributed by atoms with Gasteiger partial charge in [-0.25, -0.2) is 0 Å². The summed E-state index contributed by atoms with van der Waals surface area (Å²) in [6.07, 6.45) is 5.76. The van der Waals surface area contributed by atoms with Crippen molar-refractivity contribution >= 4 is 16.6 Å². The zero-order valence-corrected chi connectivity index (χ0v) is 9.53. The number of nitrogens with one attached hydrogen (secondary N) is 1. The second kappa shape index (κ2) is 3.48. The average Bonchev–Trinajstić information content (AvgIpc) is 2.27. The number of pyridine rings is 1. The Morgan fingerprint density at radius 3 is 2.75 bits per heavy atom. The number of fused-ring (bicyclic) bond motifs is 1. The van der Waals surface area contributed by atoms with Gasteiger partial charge in [-0.2, -0.15) is 0 Å². The van der Waals surface area contributed by atoms with Crippen molar-refractivity contribution in [1.82, 2.24) is 4.98 Å². The molecular weight excluding hydrogens is 196 g/mol. The Bertz CT molecular complexity index is 510. The molecule has 1 aliphatic rings. The Morgan fingerprint density at radius 2 is 2.00 bits per heavy atom. The number of nitrogens with zero attached hydrogens (tertiary/aromatic N) is 1. The first kappa shape index (κ1) is 9.64. The van der Waals surface area contributed by atoms with E-state index in [9.17, 15) is 0 Å². The highest BCUT2D eigenvalue weighted by Crippen LogP contribution is 2.36. The van der Waals surface area contributed by atoms with Crippen LogP contribution < -0.4 is 5.32 Å². The Morgan fingerprint density at radius 1 is 1.19 bits per heavy atom. The van der Waals surface area contributed by atoms with Crippen molar-refractivity contribution in [1.29, 1.82) is 0 Å². The lowest BCUT2D eigenvalue weighted by Gasteiger charge is -2.40. The average molecular weight is 212 g/mol. The van der Waals surface area contributed by atoms with Crippen molar-refractivity contribution in [3.8, 4) is 0 Å². The largest absolute Gasteiger partial charge is 0.379 e. The third-order valence-electron chi connectivity index (χ3n) is 3.54. The lowest BCUT2D eigenvalue weighted by molar-refractivity contribution is 0.307. The van der Waals surface area contributed by atoms with Crippen molar-refractivity contribution in [3.05, 3.63) is 36.5 Å². The van der Waals surface area contributed by atoms with Gasteiger partial charge < -0.3 is 5.32 Å². The zero-order chi connectivity index (χ0) is 11.0. The van der Waals surface area contributed by atoms with Crippen LogP contribution in [0.15, 0.2) is 36.5 Å². The van der Waals surface area contributed by atoms with Gasteiger partial charge in [-0.05, 0) is 38.3 Å². The maximum atomic E-state index is 4.38. The molecule has 1 N–H and O–H groups in total. The standard InChI is InChI=1S/C14H16N2/c1-14(8-4-9-14)16-13-7-10-15-12-6-3-2-5-11(12)13/h2-3,5-7,10H,4,8-9H2,1H3,(H,15,16). The van der Waals surface area contributed by atoms with E-state index >= 15 is 0 Å². The Balaban J connectivity index is 2.03. The first-order valence-electron chi connectivity index (χ1n) is 5.89. The molecule has 0 bridgehead atoms. The van der Waals surface area contributed by atoms with Crippen LogP contribution in [0.4, 0.5) is 5.69 Å². The molecule has 16 heavy (non-hydrogen) atoms. The van der Waals surface area contributed by atoms with Gasteiger partial charge in [-0.1, -0.05) is 18.2 Å². The summed E-state index contributed by atoms with van der Waals surface area (Å²) >= 11 is 0. The number of benzene rings is 1. The van der Waals surface area contributed by atoms with Crippen LogP contribution in [0.1, 0.15) is 26.2 Å². The molecule has 0 amide bonds. The van der Waals surface area contributed by atoms with Gasteiger partial charge in [-0.3, -0.25) is 4.98 Å². The molecule has 1 heterocycles. The monoisotopic (exact) mass is 212 g/mol. The fourth-order valence-corrected chi connectivity index (χ4v) is 2.36. The first-order chi connectivity index (χ1) is 7.77. The lowest BCUT2D eigenvalue weighted by atomic mass is 9.78. The highest BCUT2D eigenvalue weighted by molar-refractivity contribution is 5.91. The first-order valence-corrected chi connectivity index (χ1v) is 5.89. The van der Waals surface area contributed by atoms with Crippen molar-refractivity contribution in [2.45, 2.75) is 31.7 Å². The second-order valence-corrected chi connectivity index (χ2v) is 4.91. The van der Waals surface area contributed by atoms with Crippen LogP contribution in [-0.4, -0.2) is 10.5 Å². The molecule has 1 aromatic heterocycles. The van der Waals surface area contributed by atoms with Gasteiger partial charge in [0.2, 0.25) is 0 Å². The molecule has 0 atom stereocenters. The van der Waals surface area contributed by atoms with E-state index < -0.39 is 0 Å². The predicted molar refractivity (Wildman–Crippen MR) is 67.6 cm³/mol. The van der Waals surface area contributed by atoms with Crippen molar-refractivity contribution in [3.63, 3.8) is 0 Å². The van der Waals surface area contributed by atoms with Crippen molar-refractivity contribution < 1.29 is 0 Å². The molecule has 0 unspecified atom stereocenters. The molecule has 1 aliphatic carbocycles. The lowest BCUT2D eigenvalue weighted by Crippen LogP contribution is -2.41. The van der Waals surface area contributed by atoms with Gasteiger partial charge in [0.1, 0.15) is 0 Å². The number of hydrogen-bond donors (Lipinski definition) is 1. The quantitative estimate of drug-likeness (QED) is 0.822. The smallest absolute Gasteiger partial charge is 0.0722 e. The van der Waals surface area contributed by atoms with Crippen LogP contribution in [0.2, 0.25) is 0 Å². The molecule has 2 heteroatoms. The van der Waals surface area contributed by atoms with Gasteiger partial charge in [0, 0.05) is 22.8 Å². The van der Waals surface area contributed by atoms with Crippen LogP contribution in [0, 0.1) is 0 Å². The van der Waals surface area contributed by atoms with Crippen LogP contribution in [-0.2, 0) is 0 Å². The predicted octanol–water partition coefficient (Wildman–Crippen LogP) is 3.59. The SMILES string of the molecule is CC1(Nc2ccnc3ccccc23)CCC1. The third kappa shape index (κ3) is 1.54. The highest BCUT2D eigenvalue weighted by atomic mass is 15.0. The van der Waals surface area contributed by atoms with Gasteiger partial charge in [0.25, 0.3) is 0 Å². The minimum atomic E-state index is 0.296. The van der Waals surface area contributed by atoms with E-state index in [4.69, 9.17) is 0 Å². The van der Waals surface area contributed by atoms with E-state index in [0.29, 0.717) is 5.54 Å². The fourth-order valence-electron chi connectivity index (χ4n) is 2.36. The van der Waals surface area contributed by atoms with Crippen LogP contribution in [0.5, 0.6) is 0 Å². The van der Waals surface area contributed by atoms with Crippen molar-refractivity contribution in [2.24, 2.45) is 0 Å². The van der Waals surface area contributed by atoms with Crippen LogP contribution in [0.25, 0.3) is 10.9 Å². The zero-order valence-electron chi connectivity index (χ0n) is 9.53. The summed E-state index contributed by atoms with van der Waals surface area (Å²) in [5, 5.41) is 4.88. The summed E-state index contributed by atoms with van der Waals surface area (Å²) in [4.78, 5) is 4.38. The topological polar surface area (TPSA) is 24.9 Å². The number of aromatic nitrogens is 1. The Labute approximate surface area is 95.7 Å². The van der Waals surface area contributed by atoms with Gasteiger partial charge in [0.05, 0.1) is 5.52 Å². The normalized spacial score (nSPS) is 18.1. The molecule has 1 fully saturated rings. The second-order valence-electron chi connectivity index (χ2n) is 4.91. The third-order valence-corrected chi connectivity index (χ3v) is 3.54. The molecule has 1 saturated carbocycles. The van der Waals surface area contributed by atoms with Gasteiger partial charge in [0.15, 0.2) is 0 Å². The molecule has 0 saturated heterocycles. The van der Waals surface area contributed by atoms with E-state index in [-0.39, 0.29) is 0 Å². The molecule has 2 nitrogen and oxygen atoms in total. The minimum absolute atomic E-state index is 0.296. The van der Waals surface area contributed by atoms with Crippen molar-refractivity contribution in [2.75, 3.05) is 5.32 Å². The summed E-state index contributed by atoms with van der Waals surface area (Å²) in [6.45, 7) is 2.30. The Hall–Kier alpha value is -1.57. The molecule has 82 valence electrons. The van der Waals surface area contributed by atoms with Crippen LogP contribution >= 0.6 is 0 Å². The number of rotatable bonds is 2. The van der Waals surface area contributed by atoms with E-state index in [2.05, 4.69) is 41.5 Å². The van der Waals surface area contributed by atoms with E-state index in [0.717, 1.165) is 5.52 Å². The maximum Gasteiger partial charge on any atom is 0.0722 e. The molecule has 1 aromatic carbocycles. The van der Waals surface area contributed by atoms with E-state index in [1.54, 1.807) is 0 Å². The molecule has 3 rings (SSSR count). The Kier molecular flexibility index (Phi) is 2.10. The molecule has 0 radical (unpaired) electrons. The summed E-state index contributed by atoms with van der Waals surface area (Å²) in [5.74, 6) is 0. The fraction of sp³-hybridized carbons (Fsp3) is 0.357. The minimum Gasteiger partial charge on any atom is -0.379 e. The number of hydrogen-bond acceptors (Lipinski definition) is 2. The van der Waals surface area contributed by atoms with E-state index in [1.165, 1.54) is 30.3 Å². The molecular formula is C14H16N2.